The highest BCUT2D eigenvalue weighted by molar-refractivity contribution is 5.69. The summed E-state index contributed by atoms with van der Waals surface area (Å²) in [4.78, 5) is 0. The Hall–Kier alpha value is -1.38. The van der Waals surface area contributed by atoms with Crippen LogP contribution in [0.25, 0.3) is 0 Å². The molecule has 1 saturated carbocycles. The van der Waals surface area contributed by atoms with Crippen molar-refractivity contribution in [3.8, 4) is 0 Å². The molecule has 1 aromatic rings. The lowest BCUT2D eigenvalue weighted by atomic mass is 9.85. The third kappa shape index (κ3) is 2.65. The Labute approximate surface area is 115 Å². The molecule has 2 aliphatic rings. The molecule has 0 bridgehead atoms. The van der Waals surface area contributed by atoms with Gasteiger partial charge in [0.2, 0.25) is 0 Å². The summed E-state index contributed by atoms with van der Waals surface area (Å²) in [6, 6.07) is 4.23. The van der Waals surface area contributed by atoms with E-state index in [1.54, 1.807) is 0 Å². The van der Waals surface area contributed by atoms with Gasteiger partial charge in [0.05, 0.1) is 0 Å². The molecule has 3 rings (SSSR count). The van der Waals surface area contributed by atoms with Crippen molar-refractivity contribution in [1.29, 1.82) is 0 Å². The van der Waals surface area contributed by atoms with Crippen molar-refractivity contribution in [2.75, 3.05) is 0 Å². The van der Waals surface area contributed by atoms with Gasteiger partial charge in [0.15, 0.2) is 0 Å². The molecule has 0 saturated heterocycles. The van der Waals surface area contributed by atoms with Crippen LogP contribution in [0, 0.1) is 6.92 Å². The topological polar surface area (TPSA) is 38.8 Å². The maximum Gasteiger partial charge on any atom is 0.119 e. The number of fused-ring (bicyclic) bond motifs is 1. The van der Waals surface area contributed by atoms with Crippen LogP contribution in [0.1, 0.15) is 68.4 Å². The van der Waals surface area contributed by atoms with Gasteiger partial charge in [0.1, 0.15) is 11.4 Å². The third-order valence-corrected chi connectivity index (χ3v) is 4.47. The van der Waals surface area contributed by atoms with E-state index in [2.05, 4.69) is 28.8 Å². The molecule has 0 spiro atoms. The molecule has 3 heteroatoms. The molecular formula is C16H22N3. The number of nitrogens with zero attached hydrogens (tertiary/aromatic N) is 3. The van der Waals surface area contributed by atoms with Crippen LogP contribution in [-0.2, 0) is 0 Å². The van der Waals surface area contributed by atoms with E-state index in [1.807, 2.05) is 6.07 Å². The Morgan fingerprint density at radius 1 is 0.947 bits per heavy atom. The molecule has 1 radical (unpaired) electrons. The summed E-state index contributed by atoms with van der Waals surface area (Å²) in [5.74, 6) is 0.653. The average molecular weight is 256 g/mol. The first-order valence-corrected chi connectivity index (χ1v) is 7.61. The van der Waals surface area contributed by atoms with Crippen molar-refractivity contribution in [3.05, 3.63) is 23.3 Å². The molecule has 1 fully saturated rings. The van der Waals surface area contributed by atoms with Gasteiger partial charge in [0.25, 0.3) is 0 Å². The van der Waals surface area contributed by atoms with Gasteiger partial charge in [-0.3, -0.25) is 0 Å². The zero-order valence-corrected chi connectivity index (χ0v) is 11.7. The van der Waals surface area contributed by atoms with E-state index < -0.39 is 0 Å². The van der Waals surface area contributed by atoms with E-state index in [0.717, 1.165) is 11.4 Å². The summed E-state index contributed by atoms with van der Waals surface area (Å²) < 4.78 is 0. The lowest BCUT2D eigenvalue weighted by Gasteiger charge is -2.20. The maximum atomic E-state index is 4.27. The highest BCUT2D eigenvalue weighted by Crippen LogP contribution is 2.43. The van der Waals surface area contributed by atoms with Gasteiger partial charge in [0, 0.05) is 0 Å². The Kier molecular flexibility index (Phi) is 3.81. The molecule has 3 nitrogen and oxygen atoms in total. The van der Waals surface area contributed by atoms with Crippen molar-refractivity contribution in [1.82, 2.24) is 5.43 Å². The Morgan fingerprint density at radius 2 is 1.63 bits per heavy atom. The number of aryl methyl sites for hydroxylation is 1. The van der Waals surface area contributed by atoms with Gasteiger partial charge in [-0.25, -0.2) is 0 Å². The molecule has 0 N–H and O–H groups in total. The second-order valence-corrected chi connectivity index (χ2v) is 5.85. The predicted molar refractivity (Wildman–Crippen MR) is 77.2 cm³/mol. The first kappa shape index (κ1) is 12.6. The smallest absolute Gasteiger partial charge is 0.119 e. The molecule has 19 heavy (non-hydrogen) atoms. The lowest BCUT2D eigenvalue weighted by Crippen LogP contribution is -2.02. The summed E-state index contributed by atoms with van der Waals surface area (Å²) in [5.41, 5.74) is 8.90. The van der Waals surface area contributed by atoms with Gasteiger partial charge in [-0.15, -0.1) is 10.5 Å². The quantitative estimate of drug-likeness (QED) is 0.640. The summed E-state index contributed by atoms with van der Waals surface area (Å²) >= 11 is 0. The van der Waals surface area contributed by atoms with Crippen molar-refractivity contribution >= 4 is 11.4 Å². The van der Waals surface area contributed by atoms with E-state index in [-0.39, 0.29) is 0 Å². The fourth-order valence-electron chi connectivity index (χ4n) is 3.44. The minimum Gasteiger partial charge on any atom is -0.128 e. The molecule has 0 unspecified atom stereocenters. The van der Waals surface area contributed by atoms with Crippen LogP contribution in [0.4, 0.5) is 11.4 Å². The highest BCUT2D eigenvalue weighted by atomic mass is 15.5. The Bertz CT molecular complexity index is 469. The van der Waals surface area contributed by atoms with Gasteiger partial charge >= 0.3 is 0 Å². The summed E-state index contributed by atoms with van der Waals surface area (Å²) in [6.45, 7) is 2.20. The molecule has 1 aliphatic carbocycles. The van der Waals surface area contributed by atoms with E-state index in [1.165, 1.54) is 62.5 Å². The summed E-state index contributed by atoms with van der Waals surface area (Å²) in [7, 11) is 0. The lowest BCUT2D eigenvalue weighted by molar-refractivity contribution is 0.538. The van der Waals surface area contributed by atoms with Crippen molar-refractivity contribution in [3.63, 3.8) is 0 Å². The monoisotopic (exact) mass is 256 g/mol. The van der Waals surface area contributed by atoms with Gasteiger partial charge < -0.3 is 0 Å². The normalized spacial score (nSPS) is 20.3. The van der Waals surface area contributed by atoms with Crippen LogP contribution in [0.15, 0.2) is 22.5 Å². The fraction of sp³-hybridized carbons (Fsp3) is 0.625. The van der Waals surface area contributed by atoms with Crippen LogP contribution in [0.5, 0.6) is 0 Å². The Balaban J connectivity index is 1.91. The predicted octanol–water partition coefficient (Wildman–Crippen LogP) is 5.46. The average Bonchev–Trinajstić information content (AvgIpc) is 2.91. The zero-order valence-electron chi connectivity index (χ0n) is 11.7. The SMILES string of the molecule is Cc1ccc2c(c1C1CCCCCCCC1)N=N[N]2. The molecule has 1 aliphatic heterocycles. The zero-order chi connectivity index (χ0) is 13.1. The van der Waals surface area contributed by atoms with Crippen LogP contribution in [0.2, 0.25) is 0 Å². The number of hydrogen-bond acceptors (Lipinski definition) is 2. The van der Waals surface area contributed by atoms with Gasteiger partial charge in [-0.2, -0.15) is 0 Å². The molecular weight excluding hydrogens is 234 g/mol. The van der Waals surface area contributed by atoms with E-state index >= 15 is 0 Å². The van der Waals surface area contributed by atoms with Crippen LogP contribution >= 0.6 is 0 Å². The van der Waals surface area contributed by atoms with Crippen molar-refractivity contribution in [2.45, 2.75) is 64.2 Å². The maximum absolute atomic E-state index is 4.27. The van der Waals surface area contributed by atoms with E-state index in [0.29, 0.717) is 5.92 Å². The minimum atomic E-state index is 0.653. The van der Waals surface area contributed by atoms with Crippen LogP contribution in [0.3, 0.4) is 0 Å². The second kappa shape index (κ2) is 5.72. The van der Waals surface area contributed by atoms with E-state index in [9.17, 15) is 0 Å². The largest absolute Gasteiger partial charge is 0.128 e. The highest BCUT2D eigenvalue weighted by Gasteiger charge is 2.23. The molecule has 1 aromatic carbocycles. The first-order valence-electron chi connectivity index (χ1n) is 7.61. The van der Waals surface area contributed by atoms with Crippen LogP contribution < -0.4 is 5.43 Å². The fourth-order valence-corrected chi connectivity index (χ4v) is 3.44. The second-order valence-electron chi connectivity index (χ2n) is 5.85. The van der Waals surface area contributed by atoms with Gasteiger partial charge in [-0.05, 0) is 48.1 Å². The standard InChI is InChI=1S/C16H22N3/c1-12-10-11-14-16(18-19-17-14)15(12)13-8-6-4-2-3-5-7-9-13/h10-11,13H,2-9H2,1H3. The van der Waals surface area contributed by atoms with E-state index in [4.69, 9.17) is 0 Å². The number of rotatable bonds is 1. The van der Waals surface area contributed by atoms with Crippen molar-refractivity contribution < 1.29 is 0 Å². The molecule has 0 aromatic heterocycles. The Morgan fingerprint density at radius 3 is 2.37 bits per heavy atom. The summed E-state index contributed by atoms with van der Waals surface area (Å²) in [5, 5.41) is 8.13. The molecule has 101 valence electrons. The molecule has 0 atom stereocenters. The molecule has 0 amide bonds. The van der Waals surface area contributed by atoms with Gasteiger partial charge in [-0.1, -0.05) is 44.6 Å². The first-order chi connectivity index (χ1) is 9.36. The molecule has 1 heterocycles. The summed E-state index contributed by atoms with van der Waals surface area (Å²) in [6.07, 6.45) is 10.9. The number of hydrogen-bond donors (Lipinski definition) is 0. The minimum absolute atomic E-state index is 0.653. The van der Waals surface area contributed by atoms with Crippen LogP contribution in [-0.4, -0.2) is 0 Å². The van der Waals surface area contributed by atoms with Crippen molar-refractivity contribution in [2.24, 2.45) is 10.3 Å². The third-order valence-electron chi connectivity index (χ3n) is 4.47. The number of benzene rings is 1.